The SMILES string of the molecule is COC(=O)ONC(=Nc1ccc(F)c(Br)c1)c1nonc1NCCNS(N)(=O)=O. The molecule has 0 aliphatic heterocycles. The minimum atomic E-state index is -3.85. The molecule has 16 heteroatoms. The first-order chi connectivity index (χ1) is 13.7. The Morgan fingerprint density at radius 3 is 2.79 bits per heavy atom. The number of rotatable bonds is 7. The highest BCUT2D eigenvalue weighted by Crippen LogP contribution is 2.23. The summed E-state index contributed by atoms with van der Waals surface area (Å²) in [6.45, 7) is -0.000510. The number of aliphatic imine (C=N–C) groups is 1. The monoisotopic (exact) mass is 495 g/mol. The van der Waals surface area contributed by atoms with Crippen molar-refractivity contribution >= 4 is 49.6 Å². The summed E-state index contributed by atoms with van der Waals surface area (Å²) in [6.07, 6.45) is -1.07. The highest BCUT2D eigenvalue weighted by molar-refractivity contribution is 9.10. The van der Waals surface area contributed by atoms with Crippen LogP contribution in [0.5, 0.6) is 0 Å². The van der Waals surface area contributed by atoms with E-state index in [1.54, 1.807) is 0 Å². The first-order valence-corrected chi connectivity index (χ1v) is 9.92. The van der Waals surface area contributed by atoms with E-state index in [4.69, 9.17) is 5.14 Å². The van der Waals surface area contributed by atoms with Crippen LogP contribution in [0.25, 0.3) is 0 Å². The maximum Gasteiger partial charge on any atom is 0.532 e. The first-order valence-electron chi connectivity index (χ1n) is 7.58. The zero-order valence-electron chi connectivity index (χ0n) is 14.7. The van der Waals surface area contributed by atoms with E-state index >= 15 is 0 Å². The fraction of sp³-hybridized carbons (Fsp3) is 0.231. The number of amidine groups is 1. The van der Waals surface area contributed by atoms with Crippen molar-refractivity contribution in [1.29, 1.82) is 0 Å². The molecule has 0 aliphatic carbocycles. The van der Waals surface area contributed by atoms with E-state index in [0.29, 0.717) is 0 Å². The van der Waals surface area contributed by atoms with Gasteiger partial charge in [-0.2, -0.15) is 13.9 Å². The number of hydrogen-bond acceptors (Lipinski definition) is 10. The normalized spacial score (nSPS) is 11.8. The second kappa shape index (κ2) is 10.1. The molecule has 0 atom stereocenters. The number of ether oxygens (including phenoxy) is 1. The lowest BCUT2D eigenvalue weighted by molar-refractivity contribution is 0.0515. The standard InChI is InChI=1S/C13H15BrFN7O6S/c1-26-13(23)27-21-12(19-7-2-3-9(15)8(14)6-7)10-11(22-28-20-10)17-4-5-18-29(16,24)25/h2-3,6,18H,4-5H2,1H3,(H,17,22)(H,19,21)(H2,16,24,25). The van der Waals surface area contributed by atoms with E-state index in [1.165, 1.54) is 18.2 Å². The van der Waals surface area contributed by atoms with E-state index in [1.807, 2.05) is 0 Å². The predicted octanol–water partition coefficient (Wildman–Crippen LogP) is 0.542. The Balaban J connectivity index is 2.24. The average Bonchev–Trinajstić information content (AvgIpc) is 3.12. The Kier molecular flexibility index (Phi) is 7.82. The Morgan fingerprint density at radius 2 is 2.14 bits per heavy atom. The van der Waals surface area contributed by atoms with Gasteiger partial charge in [0.05, 0.1) is 17.3 Å². The summed E-state index contributed by atoms with van der Waals surface area (Å²) >= 11 is 3.04. The van der Waals surface area contributed by atoms with Crippen molar-refractivity contribution in [2.45, 2.75) is 0 Å². The van der Waals surface area contributed by atoms with Crippen LogP contribution in [-0.4, -0.2) is 50.9 Å². The molecule has 0 aliphatic rings. The number of carbonyl (C=O) groups excluding carboxylic acids is 1. The van der Waals surface area contributed by atoms with Gasteiger partial charge in [-0.05, 0) is 44.4 Å². The van der Waals surface area contributed by atoms with Crippen molar-refractivity contribution in [1.82, 2.24) is 20.5 Å². The lowest BCUT2D eigenvalue weighted by Gasteiger charge is -2.09. The topological polar surface area (TPSA) is 183 Å². The summed E-state index contributed by atoms with van der Waals surface area (Å²) in [5, 5.41) is 14.9. The third-order valence-corrected chi connectivity index (χ3v) is 4.19. The third-order valence-electron chi connectivity index (χ3n) is 2.98. The fourth-order valence-electron chi connectivity index (χ4n) is 1.77. The number of benzene rings is 1. The van der Waals surface area contributed by atoms with Gasteiger partial charge < -0.3 is 14.9 Å². The minimum Gasteiger partial charge on any atom is -0.436 e. The molecule has 2 rings (SSSR count). The van der Waals surface area contributed by atoms with Crippen molar-refractivity contribution in [2.24, 2.45) is 10.1 Å². The van der Waals surface area contributed by atoms with Crippen LogP contribution in [-0.2, 0) is 19.8 Å². The van der Waals surface area contributed by atoms with Crippen molar-refractivity contribution in [3.63, 3.8) is 0 Å². The van der Waals surface area contributed by atoms with Crippen molar-refractivity contribution in [3.8, 4) is 0 Å². The van der Waals surface area contributed by atoms with Crippen molar-refractivity contribution < 1.29 is 31.8 Å². The van der Waals surface area contributed by atoms with E-state index in [9.17, 15) is 17.6 Å². The molecule has 0 amide bonds. The molecule has 0 saturated carbocycles. The van der Waals surface area contributed by atoms with Gasteiger partial charge in [-0.1, -0.05) is 0 Å². The van der Waals surface area contributed by atoms with Gasteiger partial charge in [-0.3, -0.25) is 0 Å². The molecule has 0 saturated heterocycles. The molecule has 5 N–H and O–H groups in total. The molecule has 0 fully saturated rings. The number of anilines is 1. The maximum atomic E-state index is 13.4. The molecule has 0 bridgehead atoms. The van der Waals surface area contributed by atoms with E-state index < -0.39 is 22.2 Å². The second-order valence-electron chi connectivity index (χ2n) is 5.04. The second-order valence-corrected chi connectivity index (χ2v) is 7.28. The predicted molar refractivity (Wildman–Crippen MR) is 101 cm³/mol. The number of aromatic nitrogens is 2. The average molecular weight is 496 g/mol. The zero-order chi connectivity index (χ0) is 21.4. The Hall–Kier alpha value is -2.82. The highest BCUT2D eigenvalue weighted by Gasteiger charge is 2.19. The summed E-state index contributed by atoms with van der Waals surface area (Å²) in [7, 11) is -2.75. The van der Waals surface area contributed by atoms with Crippen LogP contribution in [0.1, 0.15) is 5.69 Å². The number of hydrogen-bond donors (Lipinski definition) is 4. The molecule has 158 valence electrons. The van der Waals surface area contributed by atoms with Crippen LogP contribution in [0.3, 0.4) is 0 Å². The maximum absolute atomic E-state index is 13.4. The smallest absolute Gasteiger partial charge is 0.436 e. The van der Waals surface area contributed by atoms with Gasteiger partial charge in [0.1, 0.15) is 5.82 Å². The fourth-order valence-corrected chi connectivity index (χ4v) is 2.53. The van der Waals surface area contributed by atoms with Crippen molar-refractivity contribution in [3.05, 3.63) is 34.2 Å². The summed E-state index contributed by atoms with van der Waals surface area (Å²) in [5.41, 5.74) is 2.48. The summed E-state index contributed by atoms with van der Waals surface area (Å²) < 4.78 is 46.4. The Labute approximate surface area is 172 Å². The van der Waals surface area contributed by atoms with Crippen LogP contribution in [0, 0.1) is 5.82 Å². The quantitative estimate of drug-likeness (QED) is 0.139. The van der Waals surface area contributed by atoms with Crippen LogP contribution in [0.15, 0.2) is 32.3 Å². The summed E-state index contributed by atoms with van der Waals surface area (Å²) in [5.74, 6) is -0.601. The molecule has 2 aromatic rings. The van der Waals surface area contributed by atoms with Gasteiger partial charge in [0.2, 0.25) is 5.82 Å². The minimum absolute atomic E-state index is 0.0232. The molecule has 0 unspecified atom stereocenters. The zero-order valence-corrected chi connectivity index (χ0v) is 17.1. The van der Waals surface area contributed by atoms with Gasteiger partial charge in [-0.25, -0.2) is 28.7 Å². The van der Waals surface area contributed by atoms with E-state index in [0.717, 1.165) is 7.11 Å². The number of carbonyl (C=O) groups is 1. The Bertz CT molecular complexity index is 999. The first kappa shape index (κ1) is 22.5. The number of nitrogens with two attached hydrogens (primary N) is 1. The van der Waals surface area contributed by atoms with Crippen LogP contribution in [0.4, 0.5) is 20.7 Å². The third kappa shape index (κ3) is 7.26. The molecular weight excluding hydrogens is 481 g/mol. The van der Waals surface area contributed by atoms with Crippen LogP contribution < -0.4 is 20.7 Å². The lowest BCUT2D eigenvalue weighted by atomic mass is 10.3. The molecule has 1 heterocycles. The number of nitrogens with one attached hydrogen (secondary N) is 3. The van der Waals surface area contributed by atoms with Crippen LogP contribution in [0.2, 0.25) is 0 Å². The van der Waals surface area contributed by atoms with Gasteiger partial charge >= 0.3 is 6.16 Å². The van der Waals surface area contributed by atoms with E-state index in [2.05, 4.69) is 61.0 Å². The van der Waals surface area contributed by atoms with Crippen LogP contribution >= 0.6 is 15.9 Å². The van der Waals surface area contributed by atoms with E-state index in [-0.39, 0.29) is 40.6 Å². The molecule has 0 spiro atoms. The number of hydroxylamine groups is 1. The summed E-state index contributed by atoms with van der Waals surface area (Å²) in [6, 6.07) is 3.89. The molecule has 0 radical (unpaired) electrons. The highest BCUT2D eigenvalue weighted by atomic mass is 79.9. The molecule has 1 aromatic heterocycles. The summed E-state index contributed by atoms with van der Waals surface area (Å²) in [4.78, 5) is 20.1. The Morgan fingerprint density at radius 1 is 1.38 bits per heavy atom. The number of methoxy groups -OCH3 is 1. The van der Waals surface area contributed by atoms with Gasteiger partial charge in [-0.15, -0.1) is 0 Å². The van der Waals surface area contributed by atoms with Gasteiger partial charge in [0.15, 0.2) is 11.5 Å². The molecule has 13 nitrogen and oxygen atoms in total. The number of nitrogens with zero attached hydrogens (tertiary/aromatic N) is 3. The molecule has 29 heavy (non-hydrogen) atoms. The largest absolute Gasteiger partial charge is 0.532 e. The van der Waals surface area contributed by atoms with Gasteiger partial charge in [0, 0.05) is 13.1 Å². The molecule has 1 aromatic carbocycles. The van der Waals surface area contributed by atoms with Gasteiger partial charge in [0.25, 0.3) is 10.2 Å². The van der Waals surface area contributed by atoms with Crippen molar-refractivity contribution in [2.75, 3.05) is 25.5 Å². The molecular formula is C13H15BrFN7O6S. The number of halogens is 2. The lowest BCUT2D eigenvalue weighted by Crippen LogP contribution is -2.34.